The van der Waals surface area contributed by atoms with Crippen molar-refractivity contribution in [2.45, 2.75) is 91.0 Å². The number of hydrogen-bond donors (Lipinski definition) is 1. The standard InChI is InChI=1S/C26H39N5O3/c1-5-8-9-20(6-2)11-13-24(33)34-18-30-15-14-22-25(27-17-28-26(22)30)29-21-12-10-19(4)31(16-21)23(32)7-3/h7,14-15,17,19-21H,3,5-6,8-13,16,18H2,1-2,4H3,(H,27,28,29)/t19-,20+,21+/m0/s1. The molecule has 0 unspecified atom stereocenters. The van der Waals surface area contributed by atoms with E-state index in [0.29, 0.717) is 24.5 Å². The summed E-state index contributed by atoms with van der Waals surface area (Å²) >= 11 is 0. The molecule has 186 valence electrons. The maximum atomic E-state index is 12.3. The summed E-state index contributed by atoms with van der Waals surface area (Å²) in [4.78, 5) is 35.2. The molecule has 8 nitrogen and oxygen atoms in total. The van der Waals surface area contributed by atoms with Crippen LogP contribution in [0, 0.1) is 5.92 Å². The Morgan fingerprint density at radius 1 is 1.29 bits per heavy atom. The number of nitrogens with one attached hydrogen (secondary N) is 1. The first kappa shape index (κ1) is 25.7. The Balaban J connectivity index is 1.58. The molecule has 8 heteroatoms. The normalized spacial score (nSPS) is 19.1. The van der Waals surface area contributed by atoms with Crippen LogP contribution in [0.3, 0.4) is 0 Å². The highest BCUT2D eigenvalue weighted by Gasteiger charge is 2.28. The summed E-state index contributed by atoms with van der Waals surface area (Å²) in [5, 5.41) is 4.35. The van der Waals surface area contributed by atoms with Crippen LogP contribution in [0.5, 0.6) is 0 Å². The first-order chi connectivity index (χ1) is 16.5. The lowest BCUT2D eigenvalue weighted by Crippen LogP contribution is -2.49. The summed E-state index contributed by atoms with van der Waals surface area (Å²) in [6.45, 7) is 10.8. The molecule has 1 N–H and O–H groups in total. The predicted molar refractivity (Wildman–Crippen MR) is 134 cm³/mol. The Bertz CT molecular complexity index is 972. The van der Waals surface area contributed by atoms with Crippen LogP contribution in [0.1, 0.15) is 72.1 Å². The molecule has 1 aliphatic rings. The van der Waals surface area contributed by atoms with Crippen molar-refractivity contribution in [3.05, 3.63) is 31.2 Å². The van der Waals surface area contributed by atoms with Crippen molar-refractivity contribution >= 4 is 28.7 Å². The average molecular weight is 470 g/mol. The first-order valence-corrected chi connectivity index (χ1v) is 12.6. The Morgan fingerprint density at radius 3 is 2.85 bits per heavy atom. The van der Waals surface area contributed by atoms with Crippen molar-refractivity contribution in [2.24, 2.45) is 5.92 Å². The van der Waals surface area contributed by atoms with Crippen LogP contribution < -0.4 is 5.32 Å². The number of piperidine rings is 1. The summed E-state index contributed by atoms with van der Waals surface area (Å²) in [6, 6.07) is 2.23. The zero-order chi connectivity index (χ0) is 24.5. The molecule has 3 rings (SSSR count). The van der Waals surface area contributed by atoms with Gasteiger partial charge in [0, 0.05) is 31.2 Å². The third-order valence-electron chi connectivity index (χ3n) is 6.90. The average Bonchev–Trinajstić information content (AvgIpc) is 3.27. The number of rotatable bonds is 12. The van der Waals surface area contributed by atoms with Crippen LogP contribution in [0.25, 0.3) is 11.0 Å². The Morgan fingerprint density at radius 2 is 2.12 bits per heavy atom. The van der Waals surface area contributed by atoms with Gasteiger partial charge in [-0.2, -0.15) is 0 Å². The number of likely N-dealkylation sites (tertiary alicyclic amines) is 1. The van der Waals surface area contributed by atoms with Gasteiger partial charge in [0.05, 0.1) is 5.39 Å². The summed E-state index contributed by atoms with van der Waals surface area (Å²) in [5.41, 5.74) is 0.711. The molecule has 3 atom stereocenters. The Kier molecular flexibility index (Phi) is 9.48. The summed E-state index contributed by atoms with van der Waals surface area (Å²) in [5.74, 6) is 1.09. The van der Waals surface area contributed by atoms with Crippen molar-refractivity contribution in [3.8, 4) is 0 Å². The lowest BCUT2D eigenvalue weighted by atomic mass is 9.94. The van der Waals surface area contributed by atoms with Gasteiger partial charge in [0.1, 0.15) is 17.8 Å². The van der Waals surface area contributed by atoms with E-state index in [2.05, 4.69) is 42.6 Å². The van der Waals surface area contributed by atoms with Gasteiger partial charge in [-0.15, -0.1) is 0 Å². The maximum absolute atomic E-state index is 12.3. The van der Waals surface area contributed by atoms with E-state index in [1.165, 1.54) is 31.7 Å². The maximum Gasteiger partial charge on any atom is 0.307 e. The van der Waals surface area contributed by atoms with Gasteiger partial charge in [-0.3, -0.25) is 14.2 Å². The molecule has 0 spiro atoms. The minimum atomic E-state index is -0.174. The van der Waals surface area contributed by atoms with E-state index in [1.807, 2.05) is 21.7 Å². The van der Waals surface area contributed by atoms with Crippen LogP contribution in [-0.2, 0) is 21.1 Å². The SMILES string of the molecule is C=CC(=O)N1C[C@H](Nc2ncnc3c2ccn3COC(=O)CC[C@H](CC)CCCC)CC[C@@H]1C. The zero-order valence-electron chi connectivity index (χ0n) is 20.8. The van der Waals surface area contributed by atoms with Gasteiger partial charge in [0.2, 0.25) is 5.91 Å². The number of anilines is 1. The summed E-state index contributed by atoms with van der Waals surface area (Å²) < 4.78 is 7.36. The second-order valence-electron chi connectivity index (χ2n) is 9.31. The molecule has 3 heterocycles. The molecule has 0 bridgehead atoms. The molecular formula is C26H39N5O3. The third-order valence-corrected chi connectivity index (χ3v) is 6.90. The molecule has 0 radical (unpaired) electrons. The number of unbranched alkanes of at least 4 members (excludes halogenated alkanes) is 1. The second-order valence-corrected chi connectivity index (χ2v) is 9.31. The van der Waals surface area contributed by atoms with Crippen LogP contribution in [0.2, 0.25) is 0 Å². The topological polar surface area (TPSA) is 89.3 Å². The van der Waals surface area contributed by atoms with E-state index >= 15 is 0 Å². The lowest BCUT2D eigenvalue weighted by molar-refractivity contribution is -0.147. The van der Waals surface area contributed by atoms with Gasteiger partial charge < -0.3 is 15.0 Å². The number of fused-ring (bicyclic) bond motifs is 1. The fourth-order valence-electron chi connectivity index (χ4n) is 4.65. The smallest absolute Gasteiger partial charge is 0.307 e. The molecule has 1 amide bonds. The van der Waals surface area contributed by atoms with E-state index in [0.717, 1.165) is 36.9 Å². The van der Waals surface area contributed by atoms with Crippen LogP contribution in [0.15, 0.2) is 31.2 Å². The highest BCUT2D eigenvalue weighted by atomic mass is 16.5. The molecule has 34 heavy (non-hydrogen) atoms. The molecule has 0 saturated carbocycles. The van der Waals surface area contributed by atoms with Crippen molar-refractivity contribution < 1.29 is 14.3 Å². The fourth-order valence-corrected chi connectivity index (χ4v) is 4.65. The van der Waals surface area contributed by atoms with Crippen LogP contribution in [0.4, 0.5) is 5.82 Å². The first-order valence-electron chi connectivity index (χ1n) is 12.6. The third kappa shape index (κ3) is 6.58. The van der Waals surface area contributed by atoms with Gasteiger partial charge in [-0.1, -0.05) is 46.1 Å². The number of ether oxygens (including phenoxy) is 1. The minimum Gasteiger partial charge on any atom is -0.444 e. The molecular weight excluding hydrogens is 430 g/mol. The van der Waals surface area contributed by atoms with Crippen molar-refractivity contribution in [3.63, 3.8) is 0 Å². The van der Waals surface area contributed by atoms with Gasteiger partial charge in [0.15, 0.2) is 6.73 Å². The molecule has 2 aromatic rings. The van der Waals surface area contributed by atoms with Crippen LogP contribution in [-0.4, -0.2) is 49.9 Å². The summed E-state index contributed by atoms with van der Waals surface area (Å²) in [6.07, 6.45) is 12.6. The number of esters is 1. The minimum absolute atomic E-state index is 0.0459. The number of carbonyl (C=O) groups excluding carboxylic acids is 2. The molecule has 1 aliphatic heterocycles. The van der Waals surface area contributed by atoms with Gasteiger partial charge >= 0.3 is 5.97 Å². The Labute approximate surface area is 202 Å². The molecule has 1 saturated heterocycles. The Hall–Kier alpha value is -2.90. The van der Waals surface area contributed by atoms with Crippen molar-refractivity contribution in [2.75, 3.05) is 11.9 Å². The molecule has 0 aromatic carbocycles. The summed E-state index contributed by atoms with van der Waals surface area (Å²) in [7, 11) is 0. The van der Waals surface area contributed by atoms with E-state index in [9.17, 15) is 9.59 Å². The quantitative estimate of drug-likeness (QED) is 0.351. The molecule has 2 aromatic heterocycles. The van der Waals surface area contributed by atoms with Gasteiger partial charge in [0.25, 0.3) is 0 Å². The zero-order valence-corrected chi connectivity index (χ0v) is 20.8. The number of hydrogen-bond acceptors (Lipinski definition) is 6. The van der Waals surface area contributed by atoms with E-state index < -0.39 is 0 Å². The number of aromatic nitrogens is 3. The molecule has 1 fully saturated rings. The van der Waals surface area contributed by atoms with Gasteiger partial charge in [-0.25, -0.2) is 9.97 Å². The van der Waals surface area contributed by atoms with Gasteiger partial charge in [-0.05, 0) is 44.2 Å². The van der Waals surface area contributed by atoms with E-state index in [4.69, 9.17) is 4.74 Å². The number of carbonyl (C=O) groups is 2. The van der Waals surface area contributed by atoms with Crippen molar-refractivity contribution in [1.29, 1.82) is 0 Å². The van der Waals surface area contributed by atoms with Crippen molar-refractivity contribution in [1.82, 2.24) is 19.4 Å². The molecule has 0 aliphatic carbocycles. The largest absolute Gasteiger partial charge is 0.444 e. The second kappa shape index (κ2) is 12.5. The predicted octanol–water partition coefficient (Wildman–Crippen LogP) is 4.91. The van der Waals surface area contributed by atoms with Crippen LogP contribution >= 0.6 is 0 Å². The number of nitrogens with zero attached hydrogens (tertiary/aromatic N) is 4. The highest BCUT2D eigenvalue weighted by molar-refractivity contribution is 5.88. The van der Waals surface area contributed by atoms with E-state index in [1.54, 1.807) is 0 Å². The lowest BCUT2D eigenvalue weighted by Gasteiger charge is -2.38. The highest BCUT2D eigenvalue weighted by Crippen LogP contribution is 2.25. The fraction of sp³-hybridized carbons (Fsp3) is 0.615. The monoisotopic (exact) mass is 469 g/mol. The number of amides is 1. The van der Waals surface area contributed by atoms with E-state index in [-0.39, 0.29) is 30.7 Å².